The summed E-state index contributed by atoms with van der Waals surface area (Å²) in [5, 5.41) is 23.7. The van der Waals surface area contributed by atoms with Gasteiger partial charge in [-0.15, -0.1) is 0 Å². The zero-order valence-electron chi connectivity index (χ0n) is 11.5. The van der Waals surface area contributed by atoms with Crippen molar-refractivity contribution in [2.45, 2.75) is 6.92 Å². The number of nitrogens with zero attached hydrogens (tertiary/aromatic N) is 2. The average molecular weight is 281 g/mol. The van der Waals surface area contributed by atoms with E-state index in [1.165, 1.54) is 12.1 Å². The number of hydrogen-bond donors (Lipinski definition) is 3. The summed E-state index contributed by atoms with van der Waals surface area (Å²) in [7, 11) is 0. The molecule has 0 aromatic heterocycles. The summed E-state index contributed by atoms with van der Waals surface area (Å²) in [6.45, 7) is 5.94. The van der Waals surface area contributed by atoms with Crippen LogP contribution in [0.2, 0.25) is 0 Å². The maximum absolute atomic E-state index is 10.0. The van der Waals surface area contributed by atoms with Crippen LogP contribution in [0.5, 0.6) is 11.5 Å². The first-order chi connectivity index (χ1) is 10.1. The molecular weight excluding hydrogens is 266 g/mol. The van der Waals surface area contributed by atoms with E-state index in [1.807, 2.05) is 36.1 Å². The molecule has 0 bridgehead atoms. The second-order valence-electron chi connectivity index (χ2n) is 4.87. The van der Waals surface area contributed by atoms with Crippen LogP contribution in [0.15, 0.2) is 60.0 Å². The number of phenols is 2. The largest absolute Gasteiger partial charge is 0.508 e. The number of amidine groups is 1. The average Bonchev–Trinajstić information content (AvgIpc) is 2.80. The van der Waals surface area contributed by atoms with Gasteiger partial charge in [-0.3, -0.25) is 10.3 Å². The molecule has 5 heteroatoms. The molecule has 5 nitrogen and oxygen atoms in total. The Balaban J connectivity index is 2.07. The molecule has 0 fully saturated rings. The number of nitrogens with one attached hydrogen (secondary N) is 1. The number of hydrogen-bond acceptors (Lipinski definition) is 5. The van der Waals surface area contributed by atoms with E-state index in [2.05, 4.69) is 17.1 Å². The van der Waals surface area contributed by atoms with E-state index in [-0.39, 0.29) is 11.5 Å². The third-order valence-corrected chi connectivity index (χ3v) is 3.25. The molecule has 0 atom stereocenters. The fourth-order valence-corrected chi connectivity index (χ4v) is 2.28. The predicted octanol–water partition coefficient (Wildman–Crippen LogP) is 2.65. The van der Waals surface area contributed by atoms with Crippen molar-refractivity contribution in [3.05, 3.63) is 66.0 Å². The Hall–Kier alpha value is -2.95. The molecule has 3 rings (SSSR count). The molecule has 0 aliphatic carbocycles. The fraction of sp³-hybridized carbons (Fsp3) is 0.0625. The summed E-state index contributed by atoms with van der Waals surface area (Å²) in [6, 6.07) is 12.3. The molecule has 1 aliphatic rings. The number of aromatic hydroxyl groups is 2. The minimum Gasteiger partial charge on any atom is -0.508 e. The molecule has 106 valence electrons. The Bertz CT molecular complexity index is 753. The highest BCUT2D eigenvalue weighted by Crippen LogP contribution is 2.30. The van der Waals surface area contributed by atoms with Gasteiger partial charge in [0, 0.05) is 11.8 Å². The highest BCUT2D eigenvalue weighted by Gasteiger charge is 2.26. The number of phenolic OH excluding ortho intramolecular Hbond substituents is 2. The van der Waals surface area contributed by atoms with Crippen molar-refractivity contribution in [3.63, 3.8) is 0 Å². The molecule has 0 saturated carbocycles. The first-order valence-corrected chi connectivity index (χ1v) is 6.48. The minimum absolute atomic E-state index is 0.00346. The van der Waals surface area contributed by atoms with Gasteiger partial charge in [-0.2, -0.15) is 5.10 Å². The Morgan fingerprint density at radius 3 is 2.67 bits per heavy atom. The number of anilines is 1. The van der Waals surface area contributed by atoms with Gasteiger partial charge in [0.2, 0.25) is 0 Å². The van der Waals surface area contributed by atoms with Gasteiger partial charge < -0.3 is 10.2 Å². The van der Waals surface area contributed by atoms with Crippen molar-refractivity contribution in [2.75, 3.05) is 4.90 Å². The van der Waals surface area contributed by atoms with Gasteiger partial charge in [0.05, 0.1) is 5.56 Å². The smallest absolute Gasteiger partial charge is 0.170 e. The van der Waals surface area contributed by atoms with Crippen LogP contribution < -0.4 is 10.3 Å². The molecule has 1 aliphatic heterocycles. The summed E-state index contributed by atoms with van der Waals surface area (Å²) < 4.78 is 0. The maximum Gasteiger partial charge on any atom is 0.170 e. The molecule has 2 aromatic rings. The third kappa shape index (κ3) is 2.29. The van der Waals surface area contributed by atoms with Crippen molar-refractivity contribution in [3.8, 4) is 11.5 Å². The highest BCUT2D eigenvalue weighted by atomic mass is 16.3. The van der Waals surface area contributed by atoms with Crippen molar-refractivity contribution in [1.82, 2.24) is 5.43 Å². The number of hydrazone groups is 1. The summed E-state index contributed by atoms with van der Waals surface area (Å²) in [4.78, 5) is 1.82. The molecule has 2 aromatic carbocycles. The number of benzene rings is 2. The first kappa shape index (κ1) is 13.1. The zero-order chi connectivity index (χ0) is 15.0. The monoisotopic (exact) mass is 281 g/mol. The Morgan fingerprint density at radius 2 is 1.95 bits per heavy atom. The van der Waals surface area contributed by atoms with Gasteiger partial charge in [0.15, 0.2) is 5.84 Å². The lowest BCUT2D eigenvalue weighted by Gasteiger charge is -2.21. The quantitative estimate of drug-likeness (QED) is 0.791. The first-order valence-electron chi connectivity index (χ1n) is 6.48. The Kier molecular flexibility index (Phi) is 3.02. The summed E-state index contributed by atoms with van der Waals surface area (Å²) in [5.74, 6) is 1.10. The molecular formula is C16H15N3O2. The van der Waals surface area contributed by atoms with Crippen LogP contribution in [-0.4, -0.2) is 16.0 Å². The van der Waals surface area contributed by atoms with Crippen LogP contribution in [0.3, 0.4) is 0 Å². The molecule has 3 N–H and O–H groups in total. The van der Waals surface area contributed by atoms with Crippen molar-refractivity contribution in [2.24, 2.45) is 5.10 Å². The second-order valence-corrected chi connectivity index (χ2v) is 4.87. The van der Waals surface area contributed by atoms with Crippen LogP contribution in [0.4, 0.5) is 5.69 Å². The lowest BCUT2D eigenvalue weighted by Crippen LogP contribution is -2.27. The van der Waals surface area contributed by atoms with Gasteiger partial charge in [0.1, 0.15) is 17.3 Å². The zero-order valence-corrected chi connectivity index (χ0v) is 11.5. The highest BCUT2D eigenvalue weighted by molar-refractivity contribution is 6.14. The molecule has 21 heavy (non-hydrogen) atoms. The normalized spacial score (nSPS) is 14.0. The topological polar surface area (TPSA) is 68.1 Å². The van der Waals surface area contributed by atoms with Crippen molar-refractivity contribution >= 4 is 11.5 Å². The van der Waals surface area contributed by atoms with E-state index in [9.17, 15) is 10.2 Å². The van der Waals surface area contributed by atoms with E-state index < -0.39 is 0 Å². The van der Waals surface area contributed by atoms with Gasteiger partial charge in [0.25, 0.3) is 0 Å². The van der Waals surface area contributed by atoms with Crippen molar-refractivity contribution in [1.29, 1.82) is 0 Å². The number of rotatable bonds is 2. The van der Waals surface area contributed by atoms with Gasteiger partial charge in [-0.25, -0.2) is 0 Å². The minimum atomic E-state index is -0.0390. The third-order valence-electron chi connectivity index (χ3n) is 3.25. The van der Waals surface area contributed by atoms with Gasteiger partial charge >= 0.3 is 0 Å². The second kappa shape index (κ2) is 4.86. The van der Waals surface area contributed by atoms with Crippen LogP contribution in [-0.2, 0) is 0 Å². The fourth-order valence-electron chi connectivity index (χ4n) is 2.28. The van der Waals surface area contributed by atoms with E-state index in [1.54, 1.807) is 6.07 Å². The van der Waals surface area contributed by atoms with E-state index >= 15 is 0 Å². The molecule has 1 heterocycles. The molecule has 0 amide bonds. The van der Waals surface area contributed by atoms with Gasteiger partial charge in [-0.1, -0.05) is 18.7 Å². The Labute approximate surface area is 122 Å². The summed E-state index contributed by atoms with van der Waals surface area (Å²) >= 11 is 0. The van der Waals surface area contributed by atoms with Crippen LogP contribution in [0.1, 0.15) is 11.1 Å². The van der Waals surface area contributed by atoms with E-state index in [0.29, 0.717) is 17.2 Å². The standard InChI is InChI=1S/C16H15N3O2/c1-10-4-3-5-12(8-10)19-11(2)17-18-16(19)14-7-6-13(20)9-15(14)21/h3-9,17,20-21H,2H2,1H3. The van der Waals surface area contributed by atoms with E-state index in [4.69, 9.17) is 0 Å². The number of aryl methyl sites for hydroxylation is 1. The summed E-state index contributed by atoms with van der Waals surface area (Å²) in [6.07, 6.45) is 0. The van der Waals surface area contributed by atoms with Crippen LogP contribution in [0, 0.1) is 6.92 Å². The van der Waals surface area contributed by atoms with E-state index in [0.717, 1.165) is 11.3 Å². The van der Waals surface area contributed by atoms with Crippen LogP contribution in [0.25, 0.3) is 0 Å². The van der Waals surface area contributed by atoms with Crippen molar-refractivity contribution < 1.29 is 10.2 Å². The van der Waals surface area contributed by atoms with Crippen LogP contribution >= 0.6 is 0 Å². The molecule has 0 saturated heterocycles. The maximum atomic E-state index is 10.0. The summed E-state index contributed by atoms with van der Waals surface area (Å²) in [5.41, 5.74) is 5.35. The lowest BCUT2D eigenvalue weighted by atomic mass is 10.1. The Morgan fingerprint density at radius 1 is 1.14 bits per heavy atom. The molecule has 0 spiro atoms. The molecule has 0 unspecified atom stereocenters. The van der Waals surface area contributed by atoms with Gasteiger partial charge in [-0.05, 0) is 36.8 Å². The SMILES string of the molecule is C=C1NN=C(c2ccc(O)cc2O)N1c1cccc(C)c1. The molecule has 0 radical (unpaired) electrons. The lowest BCUT2D eigenvalue weighted by molar-refractivity contribution is 0.450. The predicted molar refractivity (Wildman–Crippen MR) is 82.2 cm³/mol.